The van der Waals surface area contributed by atoms with Gasteiger partial charge in [-0.1, -0.05) is 30.6 Å². The molecule has 0 saturated heterocycles. The Morgan fingerprint density at radius 3 is 2.46 bits per heavy atom. The van der Waals surface area contributed by atoms with E-state index >= 15 is 0 Å². The number of hydrogen-bond acceptors (Lipinski definition) is 3. The molecule has 0 aromatic heterocycles. The minimum Gasteiger partial charge on any atom is -0.316 e. The third-order valence-electron chi connectivity index (χ3n) is 2.30. The van der Waals surface area contributed by atoms with Crippen molar-refractivity contribution in [1.82, 2.24) is 0 Å². The van der Waals surface area contributed by atoms with Crippen LogP contribution in [-0.2, 0) is 4.57 Å². The van der Waals surface area contributed by atoms with E-state index in [4.69, 9.17) is 9.79 Å². The molecule has 0 amide bonds. The zero-order valence-corrected chi connectivity index (χ0v) is 10.1. The molecule has 1 fully saturated rings. The second kappa shape index (κ2) is 5.08. The molecule has 1 rings (SSSR count). The summed E-state index contributed by atoms with van der Waals surface area (Å²) >= 11 is 0. The highest BCUT2D eigenvalue weighted by molar-refractivity contribution is 8.98. The molecule has 0 heterocycles. The third kappa shape index (κ3) is 4.75. The number of hydrogen-bond donors (Lipinski definition) is 2. The van der Waals surface area contributed by atoms with Crippen LogP contribution in [0.3, 0.4) is 0 Å². The lowest BCUT2D eigenvalue weighted by molar-refractivity contribution is 0.396. The first kappa shape index (κ1) is 11.9. The average Bonchev–Trinajstić information content (AvgIpc) is 2.01. The molecule has 0 bridgehead atoms. The summed E-state index contributed by atoms with van der Waals surface area (Å²) < 4.78 is 10.6. The molecule has 3 nitrogen and oxygen atoms in total. The Kier molecular flexibility index (Phi) is 4.66. The normalized spacial score (nSPS) is 30.4. The topological polar surface area (TPSA) is 57.5 Å². The molecule has 78 valence electrons. The van der Waals surface area contributed by atoms with Crippen molar-refractivity contribution in [3.63, 3.8) is 0 Å². The van der Waals surface area contributed by atoms with Crippen LogP contribution in [0.5, 0.6) is 0 Å². The second-order valence-corrected chi connectivity index (χ2v) is 9.18. The van der Waals surface area contributed by atoms with Crippen LogP contribution in [-0.4, -0.2) is 15.0 Å². The summed E-state index contributed by atoms with van der Waals surface area (Å²) in [7, 11) is 2.09. The minimum atomic E-state index is -3.88. The highest BCUT2D eigenvalue weighted by atomic mass is 33.3. The molecule has 6 heteroatoms. The third-order valence-corrected chi connectivity index (χ3v) is 7.63. The molecule has 13 heavy (non-hydrogen) atoms. The molecule has 2 N–H and O–H groups in total. The molecule has 2 unspecified atom stereocenters. The van der Waals surface area contributed by atoms with Crippen molar-refractivity contribution in [3.8, 4) is 0 Å². The Morgan fingerprint density at radius 2 is 1.92 bits per heavy atom. The molecule has 0 spiro atoms. The van der Waals surface area contributed by atoms with Gasteiger partial charge in [0.1, 0.15) is 0 Å². The SMILES string of the molecule is CC1CCCCC1SSP(=O)(O)O. The molecular formula is C7H15O3PS2. The summed E-state index contributed by atoms with van der Waals surface area (Å²) in [6.07, 6.45) is 4.75. The van der Waals surface area contributed by atoms with Gasteiger partial charge in [-0.15, -0.1) is 0 Å². The molecule has 0 aromatic rings. The first-order valence-corrected chi connectivity index (χ1v) is 8.83. The fourth-order valence-electron chi connectivity index (χ4n) is 1.54. The maximum Gasteiger partial charge on any atom is 0.394 e. The van der Waals surface area contributed by atoms with Gasteiger partial charge in [0.2, 0.25) is 0 Å². The van der Waals surface area contributed by atoms with Crippen molar-refractivity contribution < 1.29 is 14.4 Å². The van der Waals surface area contributed by atoms with Crippen molar-refractivity contribution in [2.45, 2.75) is 37.9 Å². The fourth-order valence-corrected chi connectivity index (χ4v) is 5.88. The Labute approximate surface area is 86.4 Å². The molecule has 1 aliphatic carbocycles. The van der Waals surface area contributed by atoms with Crippen LogP contribution in [0.2, 0.25) is 0 Å². The van der Waals surface area contributed by atoms with Crippen LogP contribution >= 0.6 is 28.0 Å². The average molecular weight is 242 g/mol. The van der Waals surface area contributed by atoms with Crippen LogP contribution in [0, 0.1) is 5.92 Å². The molecule has 1 saturated carbocycles. The van der Waals surface area contributed by atoms with Crippen molar-refractivity contribution in [2.24, 2.45) is 5.92 Å². The van der Waals surface area contributed by atoms with Crippen LogP contribution in [0.1, 0.15) is 32.6 Å². The van der Waals surface area contributed by atoms with Crippen LogP contribution in [0.4, 0.5) is 0 Å². The van der Waals surface area contributed by atoms with Gasteiger partial charge < -0.3 is 9.79 Å². The number of rotatable bonds is 3. The zero-order valence-electron chi connectivity index (χ0n) is 7.55. The standard InChI is InChI=1S/C7H15O3PS2/c1-6-4-2-3-5-7(6)12-13-11(8,9)10/h6-7H,2-5H2,1H3,(H2,8,9,10). The summed E-state index contributed by atoms with van der Waals surface area (Å²) in [5.74, 6) is 0.595. The van der Waals surface area contributed by atoms with E-state index in [1.807, 2.05) is 0 Å². The van der Waals surface area contributed by atoms with Crippen molar-refractivity contribution >= 4 is 28.0 Å². The molecular weight excluding hydrogens is 227 g/mol. The molecule has 0 aromatic carbocycles. The van der Waals surface area contributed by atoms with Crippen molar-refractivity contribution in [2.75, 3.05) is 0 Å². The highest BCUT2D eigenvalue weighted by Gasteiger charge is 2.25. The van der Waals surface area contributed by atoms with E-state index < -0.39 is 6.80 Å². The van der Waals surface area contributed by atoms with Gasteiger partial charge in [-0.25, -0.2) is 4.57 Å². The van der Waals surface area contributed by atoms with E-state index in [-0.39, 0.29) is 0 Å². The van der Waals surface area contributed by atoms with Gasteiger partial charge in [-0.2, -0.15) is 0 Å². The van der Waals surface area contributed by atoms with E-state index in [1.165, 1.54) is 30.1 Å². The van der Waals surface area contributed by atoms with Gasteiger partial charge in [-0.3, -0.25) is 0 Å². The maximum atomic E-state index is 10.6. The Balaban J connectivity index is 2.31. The van der Waals surface area contributed by atoms with Gasteiger partial charge in [-0.05, 0) is 18.8 Å². The first-order chi connectivity index (χ1) is 5.99. The van der Waals surface area contributed by atoms with Gasteiger partial charge in [0.05, 0.1) is 0 Å². The van der Waals surface area contributed by atoms with Gasteiger partial charge in [0.15, 0.2) is 0 Å². The zero-order chi connectivity index (χ0) is 9.90. The van der Waals surface area contributed by atoms with Gasteiger partial charge >= 0.3 is 6.80 Å². The molecule has 0 radical (unpaired) electrons. The minimum absolute atomic E-state index is 0.423. The van der Waals surface area contributed by atoms with Gasteiger partial charge in [0, 0.05) is 15.7 Å². The van der Waals surface area contributed by atoms with Crippen LogP contribution in [0.15, 0.2) is 0 Å². The van der Waals surface area contributed by atoms with E-state index in [9.17, 15) is 4.57 Å². The summed E-state index contributed by atoms with van der Waals surface area (Å²) in [5, 5.41) is 0.423. The van der Waals surface area contributed by atoms with Gasteiger partial charge in [0.25, 0.3) is 0 Å². The fraction of sp³-hybridized carbons (Fsp3) is 1.00. The summed E-state index contributed by atoms with van der Waals surface area (Å²) in [6, 6.07) is 0. The molecule has 2 atom stereocenters. The first-order valence-electron chi connectivity index (χ1n) is 4.39. The van der Waals surface area contributed by atoms with E-state index in [1.54, 1.807) is 0 Å². The second-order valence-electron chi connectivity index (χ2n) is 3.46. The Hall–Kier alpha value is 0.850. The maximum absolute atomic E-state index is 10.6. The lowest BCUT2D eigenvalue weighted by Gasteiger charge is -2.27. The molecule has 1 aliphatic rings. The highest BCUT2D eigenvalue weighted by Crippen LogP contribution is 2.59. The lowest BCUT2D eigenvalue weighted by Crippen LogP contribution is -2.17. The lowest BCUT2D eigenvalue weighted by atomic mass is 9.90. The summed E-state index contributed by atoms with van der Waals surface area (Å²) in [5.41, 5.74) is 0. The quantitative estimate of drug-likeness (QED) is 0.588. The van der Waals surface area contributed by atoms with Crippen LogP contribution < -0.4 is 0 Å². The van der Waals surface area contributed by atoms with E-state index in [2.05, 4.69) is 6.92 Å². The monoisotopic (exact) mass is 242 g/mol. The van der Waals surface area contributed by atoms with Crippen LogP contribution in [0.25, 0.3) is 0 Å². The van der Waals surface area contributed by atoms with Crippen molar-refractivity contribution in [3.05, 3.63) is 0 Å². The largest absolute Gasteiger partial charge is 0.394 e. The van der Waals surface area contributed by atoms with E-state index in [0.717, 1.165) is 16.8 Å². The van der Waals surface area contributed by atoms with Crippen molar-refractivity contribution in [1.29, 1.82) is 0 Å². The smallest absolute Gasteiger partial charge is 0.316 e. The predicted molar refractivity (Wildman–Crippen MR) is 58.6 cm³/mol. The molecule has 0 aliphatic heterocycles. The summed E-state index contributed by atoms with van der Waals surface area (Å²) in [6.45, 7) is -1.72. The Bertz CT molecular complexity index is 206. The van der Waals surface area contributed by atoms with E-state index in [0.29, 0.717) is 11.2 Å². The predicted octanol–water partition coefficient (Wildman–Crippen LogP) is 3.04. The summed E-state index contributed by atoms with van der Waals surface area (Å²) in [4.78, 5) is 17.4. The Morgan fingerprint density at radius 1 is 1.31 bits per heavy atom.